The zero-order valence-electron chi connectivity index (χ0n) is 22.0. The molecule has 0 aliphatic carbocycles. The van der Waals surface area contributed by atoms with Crippen LogP contribution in [0.3, 0.4) is 0 Å². The average molecular weight is 510 g/mol. The van der Waals surface area contributed by atoms with E-state index in [0.717, 1.165) is 34.2 Å². The van der Waals surface area contributed by atoms with Crippen molar-refractivity contribution in [3.63, 3.8) is 0 Å². The Kier molecular flexibility index (Phi) is 8.82. The summed E-state index contributed by atoms with van der Waals surface area (Å²) in [6.07, 6.45) is 1.82. The summed E-state index contributed by atoms with van der Waals surface area (Å²) in [6, 6.07) is 32.7. The van der Waals surface area contributed by atoms with Crippen molar-refractivity contribution in [3.05, 3.63) is 131 Å². The predicted octanol–water partition coefficient (Wildman–Crippen LogP) is 6.99. The number of rotatable bonds is 11. The van der Waals surface area contributed by atoms with E-state index in [0.29, 0.717) is 25.7 Å². The third-order valence-corrected chi connectivity index (χ3v) is 6.88. The lowest BCUT2D eigenvalue weighted by molar-refractivity contribution is -0.0794. The first-order chi connectivity index (χ1) is 18.7. The summed E-state index contributed by atoms with van der Waals surface area (Å²) in [7, 11) is 0. The largest absolute Gasteiger partial charge is 0.473 e. The van der Waals surface area contributed by atoms with Crippen molar-refractivity contribution in [2.24, 2.45) is 0 Å². The number of aromatic nitrogens is 1. The molecule has 1 saturated heterocycles. The van der Waals surface area contributed by atoms with Crippen molar-refractivity contribution in [1.29, 1.82) is 0 Å². The topological polar surface area (TPSA) is 49.8 Å². The Morgan fingerprint density at radius 3 is 1.76 bits per heavy atom. The molecule has 0 amide bonds. The molecule has 5 rings (SSSR count). The minimum absolute atomic E-state index is 0.0844. The van der Waals surface area contributed by atoms with Gasteiger partial charge in [0.2, 0.25) is 5.88 Å². The Hall–Kier alpha value is -3.51. The molecule has 1 aliphatic heterocycles. The zero-order chi connectivity index (χ0) is 26.2. The first-order valence-corrected chi connectivity index (χ1v) is 13.3. The molecule has 38 heavy (non-hydrogen) atoms. The maximum absolute atomic E-state index is 6.59. The first-order valence-electron chi connectivity index (χ1n) is 13.3. The summed E-state index contributed by atoms with van der Waals surface area (Å²) in [5.41, 5.74) is 5.29. The molecule has 1 aromatic heterocycles. The van der Waals surface area contributed by atoms with Crippen LogP contribution in [-0.4, -0.2) is 23.3 Å². The molecule has 196 valence electrons. The fraction of sp³-hybridized carbons (Fsp3) is 0.303. The van der Waals surface area contributed by atoms with Crippen molar-refractivity contribution < 1.29 is 18.9 Å². The summed E-state index contributed by atoms with van der Waals surface area (Å²) < 4.78 is 25.7. The minimum Gasteiger partial charge on any atom is -0.473 e. The lowest BCUT2D eigenvalue weighted by Gasteiger charge is -2.25. The lowest BCUT2D eigenvalue weighted by atomic mass is 10.00. The van der Waals surface area contributed by atoms with Crippen LogP contribution in [0.5, 0.6) is 5.88 Å². The quantitative estimate of drug-likeness (QED) is 0.218. The highest BCUT2D eigenvalue weighted by molar-refractivity contribution is 5.31. The molecule has 0 bridgehead atoms. The Balaban J connectivity index is 1.35. The fourth-order valence-corrected chi connectivity index (χ4v) is 4.86. The van der Waals surface area contributed by atoms with Gasteiger partial charge in [0.15, 0.2) is 0 Å². The molecule has 1 fully saturated rings. The van der Waals surface area contributed by atoms with Gasteiger partial charge < -0.3 is 18.9 Å². The second-order valence-corrected chi connectivity index (χ2v) is 9.69. The van der Waals surface area contributed by atoms with Gasteiger partial charge in [0.25, 0.3) is 0 Å². The monoisotopic (exact) mass is 509 g/mol. The van der Waals surface area contributed by atoms with E-state index in [1.54, 1.807) is 0 Å². The molecule has 0 N–H and O–H groups in total. The summed E-state index contributed by atoms with van der Waals surface area (Å²) in [5.74, 6) is 0.626. The van der Waals surface area contributed by atoms with Gasteiger partial charge in [0, 0.05) is 17.3 Å². The van der Waals surface area contributed by atoms with Gasteiger partial charge in [0.05, 0.1) is 19.3 Å². The van der Waals surface area contributed by atoms with Crippen molar-refractivity contribution in [2.45, 2.75) is 64.5 Å². The summed E-state index contributed by atoms with van der Waals surface area (Å²) in [6.45, 7) is 5.62. The average Bonchev–Trinajstić information content (AvgIpc) is 3.33. The smallest absolute Gasteiger partial charge is 0.216 e. The van der Waals surface area contributed by atoms with Crippen molar-refractivity contribution in [2.75, 3.05) is 0 Å². The molecule has 5 heteroatoms. The fourth-order valence-electron chi connectivity index (χ4n) is 4.86. The summed E-state index contributed by atoms with van der Waals surface area (Å²) in [4.78, 5) is 4.66. The molecule has 0 saturated carbocycles. The maximum atomic E-state index is 6.59. The Bertz CT molecular complexity index is 1270. The van der Waals surface area contributed by atoms with Crippen molar-refractivity contribution in [1.82, 2.24) is 4.98 Å². The molecular weight excluding hydrogens is 474 g/mol. The SMILES string of the molecule is CC[C@H]1O[C@@H](c2cnc(OCc3ccccc3)c(C)c2)[C@@H](OCc2ccccc2)C1OCc1ccccc1. The Morgan fingerprint density at radius 2 is 1.24 bits per heavy atom. The van der Waals surface area contributed by atoms with E-state index in [1.165, 1.54) is 0 Å². The van der Waals surface area contributed by atoms with Crippen LogP contribution in [0.1, 0.15) is 47.3 Å². The molecule has 1 unspecified atom stereocenters. The Labute approximate surface area is 225 Å². The third-order valence-electron chi connectivity index (χ3n) is 6.88. The molecule has 4 aromatic rings. The van der Waals surface area contributed by atoms with Gasteiger partial charge in [-0.15, -0.1) is 0 Å². The number of benzene rings is 3. The number of ether oxygens (including phenoxy) is 4. The zero-order valence-corrected chi connectivity index (χ0v) is 22.0. The van der Waals surface area contributed by atoms with Gasteiger partial charge in [-0.3, -0.25) is 0 Å². The maximum Gasteiger partial charge on any atom is 0.216 e. The van der Waals surface area contributed by atoms with Crippen LogP contribution in [0.4, 0.5) is 0 Å². The highest BCUT2D eigenvalue weighted by atomic mass is 16.6. The van der Waals surface area contributed by atoms with Gasteiger partial charge >= 0.3 is 0 Å². The Morgan fingerprint density at radius 1 is 0.711 bits per heavy atom. The van der Waals surface area contributed by atoms with Crippen LogP contribution in [0.15, 0.2) is 103 Å². The van der Waals surface area contributed by atoms with E-state index in [4.69, 9.17) is 18.9 Å². The molecular formula is C33H35NO4. The van der Waals surface area contributed by atoms with Crippen molar-refractivity contribution in [3.8, 4) is 5.88 Å². The highest BCUT2D eigenvalue weighted by Crippen LogP contribution is 2.40. The number of hydrogen-bond donors (Lipinski definition) is 0. The van der Waals surface area contributed by atoms with Crippen LogP contribution in [0.25, 0.3) is 0 Å². The minimum atomic E-state index is -0.293. The van der Waals surface area contributed by atoms with E-state index < -0.39 is 0 Å². The van der Waals surface area contributed by atoms with Gasteiger partial charge in [-0.25, -0.2) is 4.98 Å². The van der Waals surface area contributed by atoms with Crippen LogP contribution in [0.2, 0.25) is 0 Å². The molecule has 3 aromatic carbocycles. The number of hydrogen-bond acceptors (Lipinski definition) is 5. The molecule has 2 heterocycles. The van der Waals surface area contributed by atoms with Gasteiger partial charge in [0.1, 0.15) is 24.9 Å². The van der Waals surface area contributed by atoms with Crippen LogP contribution in [0, 0.1) is 6.92 Å². The van der Waals surface area contributed by atoms with E-state index in [1.807, 2.05) is 79.9 Å². The molecule has 0 radical (unpaired) electrons. The normalized spacial score (nSPS) is 20.9. The molecule has 0 spiro atoms. The number of pyridine rings is 1. The standard InChI is InChI=1S/C33H35NO4/c1-3-29-31(35-21-25-13-7-4-8-14-25)32(36-22-26-15-9-5-10-16-26)30(38-29)28-19-24(2)33(34-20-28)37-23-27-17-11-6-12-18-27/h4-20,29-32H,3,21-23H2,1-2H3/t29-,30+,31?,32-/m1/s1. The highest BCUT2D eigenvalue weighted by Gasteiger charge is 2.46. The van der Waals surface area contributed by atoms with Crippen LogP contribution < -0.4 is 4.74 Å². The van der Waals surface area contributed by atoms with E-state index in [2.05, 4.69) is 42.2 Å². The van der Waals surface area contributed by atoms with Crippen molar-refractivity contribution >= 4 is 0 Å². The predicted molar refractivity (Wildman–Crippen MR) is 148 cm³/mol. The molecule has 4 atom stereocenters. The van der Waals surface area contributed by atoms with E-state index in [9.17, 15) is 0 Å². The second-order valence-electron chi connectivity index (χ2n) is 9.69. The number of nitrogens with zero attached hydrogens (tertiary/aromatic N) is 1. The number of aryl methyl sites for hydroxylation is 1. The summed E-state index contributed by atoms with van der Waals surface area (Å²) in [5, 5.41) is 0. The lowest BCUT2D eigenvalue weighted by Crippen LogP contribution is -2.35. The van der Waals surface area contributed by atoms with Gasteiger partial charge in [-0.05, 0) is 36.1 Å². The van der Waals surface area contributed by atoms with Crippen LogP contribution in [-0.2, 0) is 34.0 Å². The summed E-state index contributed by atoms with van der Waals surface area (Å²) >= 11 is 0. The van der Waals surface area contributed by atoms with E-state index >= 15 is 0 Å². The van der Waals surface area contributed by atoms with E-state index in [-0.39, 0.29) is 24.4 Å². The van der Waals surface area contributed by atoms with Crippen LogP contribution >= 0.6 is 0 Å². The van der Waals surface area contributed by atoms with Gasteiger partial charge in [-0.1, -0.05) is 97.9 Å². The molecule has 1 aliphatic rings. The third kappa shape index (κ3) is 6.48. The first kappa shape index (κ1) is 26.1. The molecule has 5 nitrogen and oxygen atoms in total. The second kappa shape index (κ2) is 12.8. The van der Waals surface area contributed by atoms with Gasteiger partial charge in [-0.2, -0.15) is 0 Å².